The molecular formula is C13H8ClN5. The van der Waals surface area contributed by atoms with Crippen molar-refractivity contribution in [1.29, 1.82) is 5.26 Å². The van der Waals surface area contributed by atoms with E-state index < -0.39 is 0 Å². The van der Waals surface area contributed by atoms with Gasteiger partial charge in [-0.15, -0.1) is 0 Å². The highest BCUT2D eigenvalue weighted by atomic mass is 35.5. The Hall–Kier alpha value is -2.45. The molecular weight excluding hydrogens is 262 g/mol. The molecule has 0 saturated carbocycles. The van der Waals surface area contributed by atoms with Crippen LogP contribution in [0.15, 0.2) is 30.7 Å². The van der Waals surface area contributed by atoms with E-state index in [1.165, 1.54) is 6.20 Å². The molecule has 0 radical (unpaired) electrons. The van der Waals surface area contributed by atoms with E-state index in [2.05, 4.69) is 15.0 Å². The molecule has 0 fully saturated rings. The molecule has 0 aliphatic rings. The molecule has 2 heterocycles. The number of hydrogen-bond acceptors (Lipinski definition) is 4. The first kappa shape index (κ1) is 11.6. The van der Waals surface area contributed by atoms with E-state index >= 15 is 0 Å². The van der Waals surface area contributed by atoms with Crippen LogP contribution in [-0.2, 0) is 7.05 Å². The maximum absolute atomic E-state index is 8.80. The number of imidazole rings is 1. The van der Waals surface area contributed by atoms with Gasteiger partial charge in [-0.2, -0.15) is 5.26 Å². The van der Waals surface area contributed by atoms with Gasteiger partial charge < -0.3 is 4.57 Å². The Morgan fingerprint density at radius 1 is 1.32 bits per heavy atom. The zero-order chi connectivity index (χ0) is 13.4. The number of fused-ring (bicyclic) bond motifs is 1. The molecule has 0 spiro atoms. The standard InChI is InChI=1S/C13H8ClN5/c1-19-7-17-10-4-8(2-3-11(10)19)13-16-6-9(5-15)12(14)18-13/h2-4,6-7H,1H3. The Labute approximate surface area is 114 Å². The van der Waals surface area contributed by atoms with E-state index in [9.17, 15) is 0 Å². The first-order valence-electron chi connectivity index (χ1n) is 5.53. The Balaban J connectivity index is 2.14. The topological polar surface area (TPSA) is 67.4 Å². The molecule has 0 saturated heterocycles. The van der Waals surface area contributed by atoms with Crippen molar-refractivity contribution >= 4 is 22.6 Å². The Bertz CT molecular complexity index is 816. The van der Waals surface area contributed by atoms with Gasteiger partial charge in [0.1, 0.15) is 11.6 Å². The summed E-state index contributed by atoms with van der Waals surface area (Å²) >= 11 is 5.91. The van der Waals surface area contributed by atoms with Gasteiger partial charge in [0.2, 0.25) is 0 Å². The molecule has 2 aromatic heterocycles. The van der Waals surface area contributed by atoms with Crippen molar-refractivity contribution in [2.75, 3.05) is 0 Å². The second-order valence-electron chi connectivity index (χ2n) is 4.07. The molecule has 0 amide bonds. The van der Waals surface area contributed by atoms with Gasteiger partial charge in [-0.1, -0.05) is 11.6 Å². The van der Waals surface area contributed by atoms with Crippen LogP contribution < -0.4 is 0 Å². The lowest BCUT2D eigenvalue weighted by Gasteiger charge is -2.02. The third-order valence-corrected chi connectivity index (χ3v) is 3.13. The van der Waals surface area contributed by atoms with Gasteiger partial charge in [-0.05, 0) is 18.2 Å². The first-order valence-corrected chi connectivity index (χ1v) is 5.91. The molecule has 0 unspecified atom stereocenters. The lowest BCUT2D eigenvalue weighted by molar-refractivity contribution is 0.947. The van der Waals surface area contributed by atoms with E-state index in [1.807, 2.05) is 35.9 Å². The quantitative estimate of drug-likeness (QED) is 0.637. The number of halogens is 1. The zero-order valence-corrected chi connectivity index (χ0v) is 10.8. The number of nitriles is 1. The van der Waals surface area contributed by atoms with Crippen LogP contribution in [-0.4, -0.2) is 19.5 Å². The maximum Gasteiger partial charge on any atom is 0.160 e. The molecule has 0 N–H and O–H groups in total. The zero-order valence-electron chi connectivity index (χ0n) is 10.0. The van der Waals surface area contributed by atoms with Gasteiger partial charge >= 0.3 is 0 Å². The van der Waals surface area contributed by atoms with Crippen LogP contribution in [0.2, 0.25) is 5.15 Å². The fourth-order valence-corrected chi connectivity index (χ4v) is 2.02. The molecule has 3 aromatic rings. The summed E-state index contributed by atoms with van der Waals surface area (Å²) in [6.07, 6.45) is 3.17. The molecule has 0 aliphatic heterocycles. The maximum atomic E-state index is 8.80. The SMILES string of the molecule is Cn1cnc2cc(-c3ncc(C#N)c(Cl)n3)ccc21. The number of rotatable bonds is 1. The minimum Gasteiger partial charge on any atom is -0.334 e. The van der Waals surface area contributed by atoms with E-state index in [-0.39, 0.29) is 10.7 Å². The van der Waals surface area contributed by atoms with Crippen LogP contribution >= 0.6 is 11.6 Å². The van der Waals surface area contributed by atoms with Crippen LogP contribution in [0.4, 0.5) is 0 Å². The van der Waals surface area contributed by atoms with E-state index in [0.717, 1.165) is 16.6 Å². The van der Waals surface area contributed by atoms with Crippen LogP contribution in [0.5, 0.6) is 0 Å². The Kier molecular flexibility index (Phi) is 2.65. The van der Waals surface area contributed by atoms with E-state index in [4.69, 9.17) is 16.9 Å². The predicted molar refractivity (Wildman–Crippen MR) is 71.5 cm³/mol. The lowest BCUT2D eigenvalue weighted by Crippen LogP contribution is -1.92. The summed E-state index contributed by atoms with van der Waals surface area (Å²) in [6, 6.07) is 7.69. The fourth-order valence-electron chi connectivity index (χ4n) is 1.85. The third-order valence-electron chi connectivity index (χ3n) is 2.85. The molecule has 92 valence electrons. The van der Waals surface area contributed by atoms with Crippen molar-refractivity contribution in [2.24, 2.45) is 7.05 Å². The third kappa shape index (κ3) is 1.92. The molecule has 0 aliphatic carbocycles. The van der Waals surface area contributed by atoms with E-state index in [1.54, 1.807) is 6.33 Å². The molecule has 19 heavy (non-hydrogen) atoms. The summed E-state index contributed by atoms with van der Waals surface area (Å²) in [4.78, 5) is 12.5. The van der Waals surface area contributed by atoms with Crippen LogP contribution in [0.25, 0.3) is 22.4 Å². The summed E-state index contributed by atoms with van der Waals surface area (Å²) in [6.45, 7) is 0. The largest absolute Gasteiger partial charge is 0.334 e. The van der Waals surface area contributed by atoms with Crippen LogP contribution in [0.3, 0.4) is 0 Å². The summed E-state index contributed by atoms with van der Waals surface area (Å²) < 4.78 is 1.94. The monoisotopic (exact) mass is 269 g/mol. The molecule has 0 atom stereocenters. The molecule has 5 nitrogen and oxygen atoms in total. The van der Waals surface area contributed by atoms with Crippen molar-refractivity contribution in [3.05, 3.63) is 41.4 Å². The highest BCUT2D eigenvalue weighted by Gasteiger charge is 2.08. The van der Waals surface area contributed by atoms with E-state index in [0.29, 0.717) is 5.82 Å². The highest BCUT2D eigenvalue weighted by molar-refractivity contribution is 6.30. The average molecular weight is 270 g/mol. The number of aryl methyl sites for hydroxylation is 1. The summed E-state index contributed by atoms with van der Waals surface area (Å²) in [5, 5.41) is 8.96. The normalized spacial score (nSPS) is 10.6. The van der Waals surface area contributed by atoms with Gasteiger partial charge in [0, 0.05) is 12.6 Å². The van der Waals surface area contributed by atoms with Crippen molar-refractivity contribution < 1.29 is 0 Å². The lowest BCUT2D eigenvalue weighted by atomic mass is 10.2. The smallest absolute Gasteiger partial charge is 0.160 e. The predicted octanol–water partition coefficient (Wildman–Crippen LogP) is 2.56. The van der Waals surface area contributed by atoms with Crippen LogP contribution in [0, 0.1) is 11.3 Å². The second kappa shape index (κ2) is 4.34. The summed E-state index contributed by atoms with van der Waals surface area (Å²) in [5.41, 5.74) is 2.98. The molecule has 1 aromatic carbocycles. The number of benzene rings is 1. The Morgan fingerprint density at radius 3 is 2.89 bits per heavy atom. The van der Waals surface area contributed by atoms with Crippen molar-refractivity contribution in [2.45, 2.75) is 0 Å². The summed E-state index contributed by atoms with van der Waals surface area (Å²) in [5.74, 6) is 0.483. The van der Waals surface area contributed by atoms with Gasteiger partial charge in [0.15, 0.2) is 11.0 Å². The summed E-state index contributed by atoms with van der Waals surface area (Å²) in [7, 11) is 1.93. The van der Waals surface area contributed by atoms with Crippen molar-refractivity contribution in [3.8, 4) is 17.5 Å². The van der Waals surface area contributed by atoms with Crippen molar-refractivity contribution in [1.82, 2.24) is 19.5 Å². The number of hydrogen-bond donors (Lipinski definition) is 0. The Morgan fingerprint density at radius 2 is 2.16 bits per heavy atom. The van der Waals surface area contributed by atoms with Gasteiger partial charge in [-0.3, -0.25) is 0 Å². The first-order chi connectivity index (χ1) is 9.19. The van der Waals surface area contributed by atoms with Gasteiger partial charge in [0.25, 0.3) is 0 Å². The molecule has 0 bridgehead atoms. The average Bonchev–Trinajstić information content (AvgIpc) is 2.80. The van der Waals surface area contributed by atoms with Gasteiger partial charge in [0.05, 0.1) is 23.6 Å². The molecule has 6 heteroatoms. The highest BCUT2D eigenvalue weighted by Crippen LogP contribution is 2.22. The van der Waals surface area contributed by atoms with Crippen molar-refractivity contribution in [3.63, 3.8) is 0 Å². The minimum absolute atomic E-state index is 0.161. The minimum atomic E-state index is 0.161. The fraction of sp³-hybridized carbons (Fsp3) is 0.0769. The van der Waals surface area contributed by atoms with Crippen LogP contribution in [0.1, 0.15) is 5.56 Å². The number of aromatic nitrogens is 4. The van der Waals surface area contributed by atoms with Gasteiger partial charge in [-0.25, -0.2) is 15.0 Å². The second-order valence-corrected chi connectivity index (χ2v) is 4.43. The molecule has 3 rings (SSSR count). The number of nitrogens with zero attached hydrogens (tertiary/aromatic N) is 5.